The minimum Gasteiger partial charge on any atom is -0.365 e. The van der Waals surface area contributed by atoms with Gasteiger partial charge >= 0.3 is 0 Å². The lowest BCUT2D eigenvalue weighted by Crippen LogP contribution is -2.39. The summed E-state index contributed by atoms with van der Waals surface area (Å²) in [4.78, 5) is 1.69. The standard InChI is InChI=1S/C15H21F3N2/c1-10(2)6-12-9-20(5-3-4-19-12)15-13(17)7-11(16)8-14(15)18/h7-8,10,12,19H,3-6,9H2,1-2H3. The summed E-state index contributed by atoms with van der Waals surface area (Å²) in [7, 11) is 0. The van der Waals surface area contributed by atoms with Crippen LogP contribution in [0.3, 0.4) is 0 Å². The van der Waals surface area contributed by atoms with Crippen molar-refractivity contribution < 1.29 is 13.2 Å². The number of hydrogen-bond donors (Lipinski definition) is 1. The molecule has 1 saturated heterocycles. The minimum absolute atomic E-state index is 0.108. The highest BCUT2D eigenvalue weighted by Gasteiger charge is 2.23. The van der Waals surface area contributed by atoms with Crippen LogP contribution in [-0.4, -0.2) is 25.7 Å². The Balaban J connectivity index is 2.22. The number of halogens is 3. The first-order chi connectivity index (χ1) is 9.47. The van der Waals surface area contributed by atoms with Gasteiger partial charge in [0.25, 0.3) is 0 Å². The van der Waals surface area contributed by atoms with E-state index in [2.05, 4.69) is 19.2 Å². The first-order valence-electron chi connectivity index (χ1n) is 7.10. The Morgan fingerprint density at radius 3 is 2.50 bits per heavy atom. The third-order valence-corrected chi connectivity index (χ3v) is 3.53. The van der Waals surface area contributed by atoms with Gasteiger partial charge in [-0.3, -0.25) is 0 Å². The number of nitrogens with one attached hydrogen (secondary N) is 1. The van der Waals surface area contributed by atoms with E-state index in [1.807, 2.05) is 0 Å². The van der Waals surface area contributed by atoms with Gasteiger partial charge in [-0.2, -0.15) is 0 Å². The molecular weight excluding hydrogens is 265 g/mol. The fourth-order valence-electron chi connectivity index (χ4n) is 2.76. The van der Waals surface area contributed by atoms with Gasteiger partial charge in [0.15, 0.2) is 11.6 Å². The molecule has 0 radical (unpaired) electrons. The smallest absolute Gasteiger partial charge is 0.152 e. The molecule has 1 aliphatic rings. The van der Waals surface area contributed by atoms with Crippen molar-refractivity contribution in [2.75, 3.05) is 24.5 Å². The van der Waals surface area contributed by atoms with Crippen molar-refractivity contribution in [3.05, 3.63) is 29.6 Å². The maximum Gasteiger partial charge on any atom is 0.152 e. The van der Waals surface area contributed by atoms with Crippen LogP contribution in [-0.2, 0) is 0 Å². The lowest BCUT2D eigenvalue weighted by molar-refractivity contribution is 0.434. The largest absolute Gasteiger partial charge is 0.365 e. The van der Waals surface area contributed by atoms with Crippen molar-refractivity contribution in [1.82, 2.24) is 5.32 Å². The van der Waals surface area contributed by atoms with Gasteiger partial charge in [0.2, 0.25) is 0 Å². The zero-order chi connectivity index (χ0) is 14.7. The Kier molecular flexibility index (Phi) is 4.91. The van der Waals surface area contributed by atoms with Crippen LogP contribution in [0.15, 0.2) is 12.1 Å². The van der Waals surface area contributed by atoms with Gasteiger partial charge in [-0.25, -0.2) is 13.2 Å². The highest BCUT2D eigenvalue weighted by atomic mass is 19.1. The van der Waals surface area contributed by atoms with Crippen LogP contribution in [0.25, 0.3) is 0 Å². The van der Waals surface area contributed by atoms with Crippen molar-refractivity contribution in [3.8, 4) is 0 Å². The summed E-state index contributed by atoms with van der Waals surface area (Å²) < 4.78 is 40.7. The summed E-state index contributed by atoms with van der Waals surface area (Å²) in [6, 6.07) is 1.68. The molecule has 1 unspecified atom stereocenters. The molecule has 1 aromatic carbocycles. The van der Waals surface area contributed by atoms with Crippen LogP contribution in [0.5, 0.6) is 0 Å². The Labute approximate surface area is 118 Å². The molecule has 1 aromatic rings. The van der Waals surface area contributed by atoms with Gasteiger partial charge in [-0.05, 0) is 25.3 Å². The van der Waals surface area contributed by atoms with Crippen molar-refractivity contribution in [2.24, 2.45) is 5.92 Å². The zero-order valence-electron chi connectivity index (χ0n) is 11.9. The molecule has 112 valence electrons. The van der Waals surface area contributed by atoms with E-state index >= 15 is 0 Å². The summed E-state index contributed by atoms with van der Waals surface area (Å²) in [5, 5.41) is 3.40. The molecule has 1 fully saturated rings. The van der Waals surface area contributed by atoms with E-state index in [9.17, 15) is 13.2 Å². The predicted octanol–water partition coefficient (Wildman–Crippen LogP) is 3.32. The van der Waals surface area contributed by atoms with Gasteiger partial charge in [0, 0.05) is 31.3 Å². The molecule has 20 heavy (non-hydrogen) atoms. The van der Waals surface area contributed by atoms with Crippen molar-refractivity contribution in [3.63, 3.8) is 0 Å². The van der Waals surface area contributed by atoms with E-state index in [1.54, 1.807) is 4.90 Å². The Bertz CT molecular complexity index is 439. The fraction of sp³-hybridized carbons (Fsp3) is 0.600. The first-order valence-corrected chi connectivity index (χ1v) is 7.10. The van der Waals surface area contributed by atoms with E-state index in [0.717, 1.165) is 31.5 Å². The second kappa shape index (κ2) is 6.48. The maximum atomic E-state index is 13.9. The van der Waals surface area contributed by atoms with Gasteiger partial charge < -0.3 is 10.2 Å². The molecular formula is C15H21F3N2. The highest BCUT2D eigenvalue weighted by molar-refractivity contribution is 5.49. The maximum absolute atomic E-state index is 13.9. The van der Waals surface area contributed by atoms with Crippen LogP contribution in [0.4, 0.5) is 18.9 Å². The second-order valence-corrected chi connectivity index (χ2v) is 5.80. The van der Waals surface area contributed by atoms with Gasteiger partial charge in [0.05, 0.1) is 0 Å². The Morgan fingerprint density at radius 2 is 1.90 bits per heavy atom. The zero-order valence-corrected chi connectivity index (χ0v) is 11.9. The Hall–Kier alpha value is -1.23. The molecule has 1 heterocycles. The van der Waals surface area contributed by atoms with Crippen molar-refractivity contribution in [2.45, 2.75) is 32.7 Å². The monoisotopic (exact) mass is 286 g/mol. The summed E-state index contributed by atoms with van der Waals surface area (Å²) in [6.45, 7) is 6.18. The van der Waals surface area contributed by atoms with Crippen LogP contribution in [0.1, 0.15) is 26.7 Å². The molecule has 0 spiro atoms. The molecule has 0 aliphatic carbocycles. The van der Waals surface area contributed by atoms with E-state index in [-0.39, 0.29) is 11.7 Å². The molecule has 0 saturated carbocycles. The number of anilines is 1. The van der Waals surface area contributed by atoms with Crippen LogP contribution >= 0.6 is 0 Å². The normalized spacial score (nSPS) is 20.3. The third kappa shape index (κ3) is 3.66. The van der Waals surface area contributed by atoms with Gasteiger partial charge in [0.1, 0.15) is 11.5 Å². The topological polar surface area (TPSA) is 15.3 Å². The molecule has 1 atom stereocenters. The fourth-order valence-corrected chi connectivity index (χ4v) is 2.76. The quantitative estimate of drug-likeness (QED) is 0.917. The van der Waals surface area contributed by atoms with Crippen LogP contribution < -0.4 is 10.2 Å². The van der Waals surface area contributed by atoms with E-state index in [4.69, 9.17) is 0 Å². The summed E-state index contributed by atoms with van der Waals surface area (Å²) in [5.41, 5.74) is -0.108. The van der Waals surface area contributed by atoms with Crippen LogP contribution in [0.2, 0.25) is 0 Å². The minimum atomic E-state index is -0.879. The number of rotatable bonds is 3. The van der Waals surface area contributed by atoms with Crippen LogP contribution in [0, 0.1) is 23.4 Å². The molecule has 0 aromatic heterocycles. The second-order valence-electron chi connectivity index (χ2n) is 5.80. The molecule has 1 aliphatic heterocycles. The van der Waals surface area contributed by atoms with Crippen molar-refractivity contribution >= 4 is 5.69 Å². The number of benzene rings is 1. The summed E-state index contributed by atoms with van der Waals surface area (Å²) in [5.74, 6) is -2.02. The van der Waals surface area contributed by atoms with E-state index in [0.29, 0.717) is 19.0 Å². The summed E-state index contributed by atoms with van der Waals surface area (Å²) >= 11 is 0. The molecule has 5 heteroatoms. The highest BCUT2D eigenvalue weighted by Crippen LogP contribution is 2.26. The van der Waals surface area contributed by atoms with Crippen molar-refractivity contribution in [1.29, 1.82) is 0 Å². The average Bonchev–Trinajstić information content (AvgIpc) is 2.52. The Morgan fingerprint density at radius 1 is 1.25 bits per heavy atom. The van der Waals surface area contributed by atoms with Gasteiger partial charge in [-0.15, -0.1) is 0 Å². The molecule has 0 amide bonds. The van der Waals surface area contributed by atoms with Gasteiger partial charge in [-0.1, -0.05) is 13.8 Å². The number of nitrogens with zero attached hydrogens (tertiary/aromatic N) is 1. The predicted molar refractivity (Wildman–Crippen MR) is 74.4 cm³/mol. The molecule has 1 N–H and O–H groups in total. The van der Waals surface area contributed by atoms with E-state index in [1.165, 1.54) is 0 Å². The molecule has 2 rings (SSSR count). The average molecular weight is 286 g/mol. The summed E-state index contributed by atoms with van der Waals surface area (Å²) in [6.07, 6.45) is 1.76. The lowest BCUT2D eigenvalue weighted by atomic mass is 10.0. The third-order valence-electron chi connectivity index (χ3n) is 3.53. The molecule has 2 nitrogen and oxygen atoms in total. The first kappa shape index (κ1) is 15.2. The SMILES string of the molecule is CC(C)CC1CN(c2c(F)cc(F)cc2F)CCCN1. The number of hydrogen-bond acceptors (Lipinski definition) is 2. The van der Waals surface area contributed by atoms with E-state index < -0.39 is 17.5 Å². The molecule has 0 bridgehead atoms. The lowest BCUT2D eigenvalue weighted by Gasteiger charge is -2.28.